The Morgan fingerprint density at radius 3 is 1.88 bits per heavy atom. The third-order valence-electron chi connectivity index (χ3n) is 3.61. The predicted octanol–water partition coefficient (Wildman–Crippen LogP) is 6.23. The molecule has 2 rings (SSSR count). The molecule has 0 fully saturated rings. The van der Waals surface area contributed by atoms with E-state index < -0.39 is 29.1 Å². The summed E-state index contributed by atoms with van der Waals surface area (Å²) in [6.45, 7) is 1.22. The average Bonchev–Trinajstić information content (AvgIpc) is 2.51. The molecule has 0 bridgehead atoms. The summed E-state index contributed by atoms with van der Waals surface area (Å²) in [7, 11) is 0. The fourth-order valence-corrected chi connectivity index (χ4v) is 3.44. The molecule has 0 aliphatic carbocycles. The lowest BCUT2D eigenvalue weighted by atomic mass is 9.86. The molecule has 0 N–H and O–H groups in total. The maximum Gasteiger partial charge on any atom is 0.435 e. The Morgan fingerprint density at radius 2 is 1.46 bits per heavy atom. The molecule has 0 aliphatic heterocycles. The van der Waals surface area contributed by atoms with Gasteiger partial charge in [0.2, 0.25) is 0 Å². The summed E-state index contributed by atoms with van der Waals surface area (Å²) in [5, 5.41) is 8.77. The van der Waals surface area contributed by atoms with Crippen molar-refractivity contribution in [3.05, 3.63) is 56.7 Å². The second-order valence-corrected chi connectivity index (χ2v) is 6.48. The van der Waals surface area contributed by atoms with Crippen molar-refractivity contribution in [2.24, 2.45) is 0 Å². The van der Waals surface area contributed by atoms with Crippen LogP contribution in [0.15, 0.2) is 30.3 Å². The van der Waals surface area contributed by atoms with Crippen LogP contribution >= 0.6 is 22.6 Å². The minimum Gasteiger partial charge on any atom is -0.218 e. The van der Waals surface area contributed by atoms with E-state index in [1.165, 1.54) is 41.6 Å². The number of hydrogen-bond donors (Lipinski definition) is 0. The fraction of sp³-hybridized carbons (Fsp3) is 0.235. The van der Waals surface area contributed by atoms with Crippen molar-refractivity contribution in [2.45, 2.75) is 24.9 Å². The molecule has 2 aromatic rings. The molecule has 0 saturated carbocycles. The van der Waals surface area contributed by atoms with Crippen LogP contribution in [-0.2, 0) is 5.67 Å². The van der Waals surface area contributed by atoms with Crippen molar-refractivity contribution in [2.75, 3.05) is 0 Å². The van der Waals surface area contributed by atoms with Crippen molar-refractivity contribution in [3.63, 3.8) is 0 Å². The van der Waals surface area contributed by atoms with Gasteiger partial charge in [-0.3, -0.25) is 0 Å². The van der Waals surface area contributed by atoms with Crippen molar-refractivity contribution in [1.29, 1.82) is 5.26 Å². The SMILES string of the molecule is Cc1[c]c(I)c(-c2ccc(C#N)cc2)c(C(F)(C(F)(F)F)C(F)(F)F)c1. The van der Waals surface area contributed by atoms with Gasteiger partial charge in [0.15, 0.2) is 0 Å². The van der Waals surface area contributed by atoms with Crippen LogP contribution in [0.1, 0.15) is 16.7 Å². The Balaban J connectivity index is 2.90. The van der Waals surface area contributed by atoms with Gasteiger partial charge < -0.3 is 0 Å². The molecular weight excluding hydrogens is 478 g/mol. The highest BCUT2D eigenvalue weighted by molar-refractivity contribution is 14.1. The molecule has 0 unspecified atom stereocenters. The first-order valence-corrected chi connectivity index (χ1v) is 7.96. The molecule has 0 saturated heterocycles. The summed E-state index contributed by atoms with van der Waals surface area (Å²) in [6, 6.07) is 9.64. The quantitative estimate of drug-likeness (QED) is 0.365. The molecule has 0 spiro atoms. The highest BCUT2D eigenvalue weighted by Crippen LogP contribution is 2.55. The van der Waals surface area contributed by atoms with Gasteiger partial charge in [-0.25, -0.2) is 4.39 Å². The molecular formula is C17H8F7IN. The Kier molecular flexibility index (Phi) is 5.29. The monoisotopic (exact) mass is 486 g/mol. The molecule has 0 heterocycles. The summed E-state index contributed by atoms with van der Waals surface area (Å²) in [4.78, 5) is 0. The van der Waals surface area contributed by atoms with Gasteiger partial charge in [0.1, 0.15) is 0 Å². The zero-order chi connectivity index (χ0) is 19.9. The number of rotatable bonds is 2. The van der Waals surface area contributed by atoms with Crippen LogP contribution in [0.4, 0.5) is 30.7 Å². The molecule has 26 heavy (non-hydrogen) atoms. The van der Waals surface area contributed by atoms with Crippen LogP contribution in [-0.4, -0.2) is 12.4 Å². The fourth-order valence-electron chi connectivity index (χ4n) is 2.41. The van der Waals surface area contributed by atoms with Gasteiger partial charge in [-0.1, -0.05) is 18.2 Å². The Morgan fingerprint density at radius 1 is 0.962 bits per heavy atom. The molecule has 9 heteroatoms. The van der Waals surface area contributed by atoms with Gasteiger partial charge in [0.05, 0.1) is 11.6 Å². The Hall–Kier alpha value is -1.83. The molecule has 0 atom stereocenters. The minimum atomic E-state index is -6.22. The van der Waals surface area contributed by atoms with E-state index in [2.05, 4.69) is 6.07 Å². The topological polar surface area (TPSA) is 23.8 Å². The van der Waals surface area contributed by atoms with Crippen LogP contribution in [0.5, 0.6) is 0 Å². The van der Waals surface area contributed by atoms with Crippen LogP contribution in [0, 0.1) is 27.9 Å². The minimum absolute atomic E-state index is 0.0719. The van der Waals surface area contributed by atoms with E-state index in [1.807, 2.05) is 0 Å². The molecule has 2 aromatic carbocycles. The summed E-state index contributed by atoms with van der Waals surface area (Å²) in [5.74, 6) is 0. The van der Waals surface area contributed by atoms with Crippen LogP contribution in [0.2, 0.25) is 0 Å². The van der Waals surface area contributed by atoms with Crippen molar-refractivity contribution < 1.29 is 30.7 Å². The van der Waals surface area contributed by atoms with E-state index in [-0.39, 0.29) is 20.3 Å². The van der Waals surface area contributed by atoms with Crippen molar-refractivity contribution in [1.82, 2.24) is 0 Å². The predicted molar refractivity (Wildman–Crippen MR) is 87.8 cm³/mol. The van der Waals surface area contributed by atoms with Crippen LogP contribution < -0.4 is 0 Å². The second kappa shape index (κ2) is 6.72. The number of aryl methyl sites for hydroxylation is 1. The number of hydrogen-bond acceptors (Lipinski definition) is 1. The highest BCUT2D eigenvalue weighted by atomic mass is 127. The number of halogens is 8. The third-order valence-corrected chi connectivity index (χ3v) is 4.42. The number of benzene rings is 2. The van der Waals surface area contributed by atoms with Crippen LogP contribution in [0.25, 0.3) is 11.1 Å². The first-order valence-electron chi connectivity index (χ1n) is 6.88. The summed E-state index contributed by atoms with van der Waals surface area (Å²) < 4.78 is 93.8. The van der Waals surface area contributed by atoms with Gasteiger partial charge in [0, 0.05) is 14.7 Å². The second-order valence-electron chi connectivity index (χ2n) is 5.40. The standard InChI is InChI=1S/C17H8F7IN/c1-9-6-12(15(18,16(19,20)21)17(22,23)24)14(13(25)7-9)11-4-2-10(8-26)3-5-11/h2-6H,1H3. The van der Waals surface area contributed by atoms with E-state index in [0.29, 0.717) is 6.07 Å². The molecule has 0 amide bonds. The lowest BCUT2D eigenvalue weighted by molar-refractivity contribution is -0.348. The highest BCUT2D eigenvalue weighted by Gasteiger charge is 2.74. The zero-order valence-corrected chi connectivity index (χ0v) is 15.0. The largest absolute Gasteiger partial charge is 0.435 e. The maximum atomic E-state index is 14.7. The Bertz CT molecular complexity index is 847. The maximum absolute atomic E-state index is 14.7. The molecule has 1 radical (unpaired) electrons. The summed E-state index contributed by atoms with van der Waals surface area (Å²) in [6.07, 6.45) is -12.4. The first-order chi connectivity index (χ1) is 11.8. The van der Waals surface area contributed by atoms with E-state index in [9.17, 15) is 30.7 Å². The molecule has 0 aliphatic rings. The average molecular weight is 486 g/mol. The molecule has 1 nitrogen and oxygen atoms in total. The van der Waals surface area contributed by atoms with Gasteiger partial charge in [-0.15, -0.1) is 0 Å². The van der Waals surface area contributed by atoms with Crippen molar-refractivity contribution in [3.8, 4) is 17.2 Å². The third kappa shape index (κ3) is 3.39. The smallest absolute Gasteiger partial charge is 0.218 e. The van der Waals surface area contributed by atoms with Gasteiger partial charge in [-0.05, 0) is 58.8 Å². The van der Waals surface area contributed by atoms with Gasteiger partial charge >= 0.3 is 18.0 Å². The lowest BCUT2D eigenvalue weighted by Crippen LogP contribution is -2.50. The summed E-state index contributed by atoms with van der Waals surface area (Å²) >= 11 is 1.51. The van der Waals surface area contributed by atoms with Crippen molar-refractivity contribution >= 4 is 22.6 Å². The molecule has 137 valence electrons. The van der Waals surface area contributed by atoms with Gasteiger partial charge in [0.25, 0.3) is 0 Å². The first kappa shape index (κ1) is 20.5. The molecule has 0 aromatic heterocycles. The lowest BCUT2D eigenvalue weighted by Gasteiger charge is -2.32. The number of nitrogens with zero attached hydrogens (tertiary/aromatic N) is 1. The normalized spacial score (nSPS) is 12.8. The Labute approximate surface area is 157 Å². The number of nitriles is 1. The van der Waals surface area contributed by atoms with E-state index in [0.717, 1.165) is 12.1 Å². The zero-order valence-electron chi connectivity index (χ0n) is 12.9. The summed E-state index contributed by atoms with van der Waals surface area (Å²) in [5.41, 5.74) is -7.68. The number of alkyl halides is 7. The van der Waals surface area contributed by atoms with E-state index >= 15 is 0 Å². The van der Waals surface area contributed by atoms with E-state index in [4.69, 9.17) is 5.26 Å². The van der Waals surface area contributed by atoms with E-state index in [1.54, 1.807) is 6.07 Å². The van der Waals surface area contributed by atoms with Crippen LogP contribution in [0.3, 0.4) is 0 Å². The van der Waals surface area contributed by atoms with Gasteiger partial charge in [-0.2, -0.15) is 31.6 Å².